The molecule has 0 spiro atoms. The predicted molar refractivity (Wildman–Crippen MR) is 111 cm³/mol. The molecule has 9 unspecified atom stereocenters. The molecular weight excluding hydrogens is 348 g/mol. The summed E-state index contributed by atoms with van der Waals surface area (Å²) in [5, 5.41) is 9.94. The summed E-state index contributed by atoms with van der Waals surface area (Å²) in [6.07, 6.45) is 16.1. The van der Waals surface area contributed by atoms with Gasteiger partial charge in [0, 0.05) is 13.2 Å². The van der Waals surface area contributed by atoms with Crippen molar-refractivity contribution >= 4 is 0 Å². The molecule has 1 N–H and O–H groups in total. The Hall–Kier alpha value is -0.120. The van der Waals surface area contributed by atoms with Crippen molar-refractivity contribution in [2.75, 3.05) is 13.2 Å². The van der Waals surface area contributed by atoms with Crippen molar-refractivity contribution in [3.63, 3.8) is 0 Å². The fourth-order valence-corrected chi connectivity index (χ4v) is 8.78. The molecule has 1 heterocycles. The molecule has 9 atom stereocenters. The number of aliphatic hydroxyl groups excluding tert-OH is 1. The number of hydrogen-bond donors (Lipinski definition) is 1. The molecule has 1 saturated heterocycles. The minimum Gasteiger partial charge on any atom is -0.396 e. The van der Waals surface area contributed by atoms with Crippen LogP contribution in [0.3, 0.4) is 0 Å². The number of fused-ring (bicyclic) bond motifs is 5. The minimum atomic E-state index is 0.0729. The molecule has 0 aromatic rings. The van der Waals surface area contributed by atoms with Crippen LogP contribution >= 0.6 is 0 Å². The fourth-order valence-electron chi connectivity index (χ4n) is 8.78. The van der Waals surface area contributed by atoms with Crippen LogP contribution in [0.25, 0.3) is 0 Å². The lowest BCUT2D eigenvalue weighted by molar-refractivity contribution is -0.212. The van der Waals surface area contributed by atoms with Crippen LogP contribution in [0.5, 0.6) is 0 Å². The molecule has 0 aromatic carbocycles. The molecule has 160 valence electrons. The highest BCUT2D eigenvalue weighted by atomic mass is 16.7. The first kappa shape index (κ1) is 19.8. The first-order chi connectivity index (χ1) is 13.5. The van der Waals surface area contributed by atoms with Crippen molar-refractivity contribution in [1.82, 2.24) is 0 Å². The lowest BCUT2D eigenvalue weighted by atomic mass is 9.44. The van der Waals surface area contributed by atoms with Crippen LogP contribution in [0.1, 0.15) is 90.9 Å². The van der Waals surface area contributed by atoms with Crippen LogP contribution in [0.2, 0.25) is 0 Å². The van der Waals surface area contributed by atoms with E-state index in [0.717, 1.165) is 36.7 Å². The van der Waals surface area contributed by atoms with E-state index < -0.39 is 0 Å². The van der Waals surface area contributed by atoms with E-state index in [2.05, 4.69) is 13.8 Å². The third-order valence-corrected chi connectivity index (χ3v) is 10.5. The molecule has 4 saturated carbocycles. The maximum absolute atomic E-state index is 9.94. The van der Waals surface area contributed by atoms with Gasteiger partial charge in [-0.25, -0.2) is 0 Å². The SMILES string of the molecule is CC12CCC3C(CCC4CC(OC5CCCCO5)CCC43C)C1CCC2CO. The van der Waals surface area contributed by atoms with Gasteiger partial charge >= 0.3 is 0 Å². The van der Waals surface area contributed by atoms with Crippen LogP contribution in [0.4, 0.5) is 0 Å². The van der Waals surface area contributed by atoms with Crippen molar-refractivity contribution in [1.29, 1.82) is 0 Å². The van der Waals surface area contributed by atoms with E-state index in [4.69, 9.17) is 9.47 Å². The normalized spacial score (nSPS) is 53.9. The Kier molecular flexibility index (Phi) is 5.33. The summed E-state index contributed by atoms with van der Waals surface area (Å²) in [5.74, 6) is 4.09. The van der Waals surface area contributed by atoms with Gasteiger partial charge in [-0.2, -0.15) is 0 Å². The highest BCUT2D eigenvalue weighted by molar-refractivity contribution is 5.09. The maximum Gasteiger partial charge on any atom is 0.157 e. The summed E-state index contributed by atoms with van der Waals surface area (Å²) < 4.78 is 12.3. The molecule has 3 nitrogen and oxygen atoms in total. The second kappa shape index (κ2) is 7.54. The Labute approximate surface area is 171 Å². The molecule has 5 aliphatic rings. The molecule has 0 aromatic heterocycles. The smallest absolute Gasteiger partial charge is 0.157 e. The molecular formula is C25H42O3. The van der Waals surface area contributed by atoms with Crippen molar-refractivity contribution < 1.29 is 14.6 Å². The molecule has 1 aliphatic heterocycles. The predicted octanol–water partition coefficient (Wildman–Crippen LogP) is 5.55. The van der Waals surface area contributed by atoms with E-state index in [1.807, 2.05) is 0 Å². The van der Waals surface area contributed by atoms with Gasteiger partial charge in [-0.15, -0.1) is 0 Å². The van der Waals surface area contributed by atoms with Gasteiger partial charge in [0.25, 0.3) is 0 Å². The second-order valence-corrected chi connectivity index (χ2v) is 11.5. The van der Waals surface area contributed by atoms with Crippen LogP contribution in [0, 0.1) is 40.4 Å². The Bertz CT molecular complexity index is 558. The first-order valence-electron chi connectivity index (χ1n) is 12.4. The molecule has 28 heavy (non-hydrogen) atoms. The van der Waals surface area contributed by atoms with Crippen LogP contribution in [0.15, 0.2) is 0 Å². The number of hydrogen-bond acceptors (Lipinski definition) is 3. The average Bonchev–Trinajstić information content (AvgIpc) is 3.05. The van der Waals surface area contributed by atoms with E-state index in [0.29, 0.717) is 29.5 Å². The molecule has 0 bridgehead atoms. The van der Waals surface area contributed by atoms with Gasteiger partial charge in [-0.3, -0.25) is 0 Å². The maximum atomic E-state index is 9.94. The Morgan fingerprint density at radius 1 is 0.893 bits per heavy atom. The standard InChI is InChI=1S/C25H42O3/c1-24-12-10-19(28-23-5-3-4-14-27-23)15-17(24)6-8-20-21-9-7-18(16-26)25(21,2)13-11-22(20)24/h17-23,26H,3-16H2,1-2H3. The Morgan fingerprint density at radius 2 is 1.71 bits per heavy atom. The van der Waals surface area contributed by atoms with Gasteiger partial charge in [-0.05, 0) is 117 Å². The van der Waals surface area contributed by atoms with Crippen molar-refractivity contribution in [2.45, 2.75) is 103 Å². The molecule has 0 radical (unpaired) electrons. The van der Waals surface area contributed by atoms with Gasteiger partial charge < -0.3 is 14.6 Å². The van der Waals surface area contributed by atoms with Crippen molar-refractivity contribution in [2.24, 2.45) is 40.4 Å². The third kappa shape index (κ3) is 3.10. The second-order valence-electron chi connectivity index (χ2n) is 11.5. The largest absolute Gasteiger partial charge is 0.396 e. The van der Waals surface area contributed by atoms with Crippen LogP contribution in [-0.4, -0.2) is 30.7 Å². The van der Waals surface area contributed by atoms with Crippen molar-refractivity contribution in [3.8, 4) is 0 Å². The zero-order chi connectivity index (χ0) is 19.4. The monoisotopic (exact) mass is 390 g/mol. The summed E-state index contributed by atoms with van der Waals surface area (Å²) >= 11 is 0. The lowest BCUT2D eigenvalue weighted by Gasteiger charge is -2.61. The molecule has 5 fully saturated rings. The van der Waals surface area contributed by atoms with E-state index in [1.54, 1.807) is 0 Å². The van der Waals surface area contributed by atoms with Crippen LogP contribution in [-0.2, 0) is 9.47 Å². The summed E-state index contributed by atoms with van der Waals surface area (Å²) in [4.78, 5) is 0. The average molecular weight is 391 g/mol. The highest BCUT2D eigenvalue weighted by Crippen LogP contribution is 2.67. The number of ether oxygens (including phenoxy) is 2. The van der Waals surface area contributed by atoms with Gasteiger partial charge in [0.2, 0.25) is 0 Å². The van der Waals surface area contributed by atoms with Gasteiger partial charge in [-0.1, -0.05) is 13.8 Å². The number of rotatable bonds is 3. The van der Waals surface area contributed by atoms with E-state index in [9.17, 15) is 5.11 Å². The van der Waals surface area contributed by atoms with Gasteiger partial charge in [0.1, 0.15) is 0 Å². The number of aliphatic hydroxyl groups is 1. The minimum absolute atomic E-state index is 0.0729. The van der Waals surface area contributed by atoms with Gasteiger partial charge in [0.05, 0.1) is 6.10 Å². The van der Waals surface area contributed by atoms with Gasteiger partial charge in [0.15, 0.2) is 6.29 Å². The first-order valence-corrected chi connectivity index (χ1v) is 12.4. The lowest BCUT2D eigenvalue weighted by Crippen LogP contribution is -2.54. The topological polar surface area (TPSA) is 38.7 Å². The van der Waals surface area contributed by atoms with Crippen molar-refractivity contribution in [3.05, 3.63) is 0 Å². The van der Waals surface area contributed by atoms with E-state index >= 15 is 0 Å². The summed E-state index contributed by atoms with van der Waals surface area (Å²) in [6.45, 7) is 6.46. The molecule has 4 aliphatic carbocycles. The Morgan fingerprint density at radius 3 is 2.50 bits per heavy atom. The summed E-state index contributed by atoms with van der Waals surface area (Å²) in [7, 11) is 0. The third-order valence-electron chi connectivity index (χ3n) is 10.5. The van der Waals surface area contributed by atoms with Crippen LogP contribution < -0.4 is 0 Å². The van der Waals surface area contributed by atoms with E-state index in [-0.39, 0.29) is 6.29 Å². The quantitative estimate of drug-likeness (QED) is 0.642. The fraction of sp³-hybridized carbons (Fsp3) is 1.00. The molecule has 3 heteroatoms. The molecule has 5 rings (SSSR count). The van der Waals surface area contributed by atoms with E-state index in [1.165, 1.54) is 70.6 Å². The highest BCUT2D eigenvalue weighted by Gasteiger charge is 2.60. The summed E-state index contributed by atoms with van der Waals surface area (Å²) in [5.41, 5.74) is 0.937. The zero-order valence-electron chi connectivity index (χ0n) is 18.2. The zero-order valence-corrected chi connectivity index (χ0v) is 18.2. The molecule has 0 amide bonds. The summed E-state index contributed by atoms with van der Waals surface area (Å²) in [6, 6.07) is 0. The Balaban J connectivity index is 1.27.